The molecule has 130 valence electrons. The van der Waals surface area contributed by atoms with E-state index in [1.54, 1.807) is 29.3 Å². The van der Waals surface area contributed by atoms with E-state index in [1.807, 2.05) is 30.3 Å². The van der Waals surface area contributed by atoms with Gasteiger partial charge in [0.05, 0.1) is 0 Å². The minimum absolute atomic E-state index is 0.0241. The summed E-state index contributed by atoms with van der Waals surface area (Å²) >= 11 is 0. The first-order chi connectivity index (χ1) is 12.2. The number of hydrogen-bond donors (Lipinski definition) is 1. The molecule has 6 nitrogen and oxygen atoms in total. The number of amides is 2. The normalized spacial score (nSPS) is 14.8. The first-order valence-corrected chi connectivity index (χ1v) is 8.40. The SMILES string of the molecule is O=C(NC1CCN(C(=O)c2ccccn2)CC1)OCc1ccccc1. The quantitative estimate of drug-likeness (QED) is 0.929. The van der Waals surface area contributed by atoms with Crippen LogP contribution in [0.4, 0.5) is 4.79 Å². The average molecular weight is 339 g/mol. The highest BCUT2D eigenvalue weighted by molar-refractivity contribution is 5.92. The van der Waals surface area contributed by atoms with Crippen molar-refractivity contribution in [3.8, 4) is 0 Å². The van der Waals surface area contributed by atoms with Crippen molar-refractivity contribution >= 4 is 12.0 Å². The molecule has 0 atom stereocenters. The van der Waals surface area contributed by atoms with E-state index in [4.69, 9.17) is 4.74 Å². The highest BCUT2D eigenvalue weighted by Crippen LogP contribution is 2.13. The summed E-state index contributed by atoms with van der Waals surface area (Å²) in [4.78, 5) is 30.1. The molecule has 1 aliphatic rings. The van der Waals surface area contributed by atoms with Crippen LogP contribution in [0.5, 0.6) is 0 Å². The van der Waals surface area contributed by atoms with Gasteiger partial charge in [0.15, 0.2) is 0 Å². The van der Waals surface area contributed by atoms with Crippen LogP contribution in [0.3, 0.4) is 0 Å². The van der Waals surface area contributed by atoms with Crippen LogP contribution in [0, 0.1) is 0 Å². The lowest BCUT2D eigenvalue weighted by Gasteiger charge is -2.32. The van der Waals surface area contributed by atoms with E-state index in [9.17, 15) is 9.59 Å². The summed E-state index contributed by atoms with van der Waals surface area (Å²) in [6.45, 7) is 1.45. The van der Waals surface area contributed by atoms with E-state index in [0.29, 0.717) is 31.6 Å². The number of benzene rings is 1. The molecule has 0 bridgehead atoms. The van der Waals surface area contributed by atoms with Crippen LogP contribution in [0.2, 0.25) is 0 Å². The zero-order valence-corrected chi connectivity index (χ0v) is 13.9. The molecule has 25 heavy (non-hydrogen) atoms. The van der Waals surface area contributed by atoms with E-state index in [2.05, 4.69) is 10.3 Å². The smallest absolute Gasteiger partial charge is 0.407 e. The molecular weight excluding hydrogens is 318 g/mol. The maximum Gasteiger partial charge on any atom is 0.407 e. The van der Waals surface area contributed by atoms with Crippen molar-refractivity contribution in [3.05, 3.63) is 66.0 Å². The van der Waals surface area contributed by atoms with Gasteiger partial charge in [0, 0.05) is 25.3 Å². The maximum atomic E-state index is 12.3. The lowest BCUT2D eigenvalue weighted by atomic mass is 10.0. The second-order valence-corrected chi connectivity index (χ2v) is 5.99. The van der Waals surface area contributed by atoms with E-state index >= 15 is 0 Å². The van der Waals surface area contributed by atoms with Crippen LogP contribution in [0.25, 0.3) is 0 Å². The molecule has 1 aromatic carbocycles. The molecule has 0 aliphatic carbocycles. The topological polar surface area (TPSA) is 71.5 Å². The highest BCUT2D eigenvalue weighted by atomic mass is 16.5. The Labute approximate surface area is 146 Å². The first kappa shape index (κ1) is 17.0. The van der Waals surface area contributed by atoms with Gasteiger partial charge < -0.3 is 15.0 Å². The van der Waals surface area contributed by atoms with Crippen molar-refractivity contribution in [1.82, 2.24) is 15.2 Å². The number of alkyl carbamates (subject to hydrolysis) is 1. The minimum atomic E-state index is -0.418. The Morgan fingerprint density at radius 2 is 1.80 bits per heavy atom. The van der Waals surface area contributed by atoms with Crippen LogP contribution in [0.1, 0.15) is 28.9 Å². The fourth-order valence-corrected chi connectivity index (χ4v) is 2.81. The molecule has 1 fully saturated rings. The summed E-state index contributed by atoms with van der Waals surface area (Å²) in [7, 11) is 0. The van der Waals surface area contributed by atoms with Crippen LogP contribution < -0.4 is 5.32 Å². The number of carbonyl (C=O) groups excluding carboxylic acids is 2. The fourth-order valence-electron chi connectivity index (χ4n) is 2.81. The molecule has 2 aromatic rings. The molecule has 3 rings (SSSR count). The molecule has 1 aliphatic heterocycles. The predicted molar refractivity (Wildman–Crippen MR) is 92.9 cm³/mol. The summed E-state index contributed by atoms with van der Waals surface area (Å²) in [5, 5.41) is 2.87. The summed E-state index contributed by atoms with van der Waals surface area (Å²) < 4.78 is 5.23. The standard InChI is InChI=1S/C19H21N3O3/c23-18(17-8-4-5-11-20-17)22-12-9-16(10-13-22)21-19(24)25-14-15-6-2-1-3-7-15/h1-8,11,16H,9-10,12-14H2,(H,21,24). The van der Waals surface area contributed by atoms with Crippen molar-refractivity contribution in [2.75, 3.05) is 13.1 Å². The minimum Gasteiger partial charge on any atom is -0.445 e. The fraction of sp³-hybridized carbons (Fsp3) is 0.316. The van der Waals surface area contributed by atoms with Crippen LogP contribution in [-0.4, -0.2) is 41.0 Å². The third-order valence-corrected chi connectivity index (χ3v) is 4.20. The Morgan fingerprint density at radius 1 is 1.08 bits per heavy atom. The predicted octanol–water partition coefficient (Wildman–Crippen LogP) is 2.61. The van der Waals surface area contributed by atoms with Crippen LogP contribution in [-0.2, 0) is 11.3 Å². The molecule has 0 spiro atoms. The molecule has 2 heterocycles. The van der Waals surface area contributed by atoms with Gasteiger partial charge in [-0.15, -0.1) is 0 Å². The van der Waals surface area contributed by atoms with Gasteiger partial charge in [-0.25, -0.2) is 4.79 Å². The van der Waals surface area contributed by atoms with Crippen molar-refractivity contribution in [2.45, 2.75) is 25.5 Å². The Kier molecular flexibility index (Phi) is 5.61. The lowest BCUT2D eigenvalue weighted by Crippen LogP contribution is -2.46. The zero-order chi connectivity index (χ0) is 17.5. The third kappa shape index (κ3) is 4.79. The highest BCUT2D eigenvalue weighted by Gasteiger charge is 2.25. The van der Waals surface area contributed by atoms with Crippen LogP contribution in [0.15, 0.2) is 54.7 Å². The van der Waals surface area contributed by atoms with Crippen LogP contribution >= 0.6 is 0 Å². The van der Waals surface area contributed by atoms with E-state index < -0.39 is 6.09 Å². The Balaban J connectivity index is 1.41. The van der Waals surface area contributed by atoms with E-state index in [-0.39, 0.29) is 18.6 Å². The van der Waals surface area contributed by atoms with Gasteiger partial charge in [-0.2, -0.15) is 0 Å². The molecule has 0 saturated carbocycles. The van der Waals surface area contributed by atoms with Gasteiger partial charge in [-0.1, -0.05) is 36.4 Å². The average Bonchev–Trinajstić information content (AvgIpc) is 2.68. The number of aromatic nitrogens is 1. The summed E-state index contributed by atoms with van der Waals surface area (Å²) in [6.07, 6.45) is 2.61. The number of carbonyl (C=O) groups is 2. The van der Waals surface area contributed by atoms with Gasteiger partial charge in [0.25, 0.3) is 5.91 Å². The number of nitrogens with zero attached hydrogens (tertiary/aromatic N) is 2. The van der Waals surface area contributed by atoms with Gasteiger partial charge in [-0.3, -0.25) is 9.78 Å². The van der Waals surface area contributed by atoms with Gasteiger partial charge in [0.2, 0.25) is 0 Å². The molecule has 1 aromatic heterocycles. The first-order valence-electron chi connectivity index (χ1n) is 8.40. The van der Waals surface area contributed by atoms with Crippen molar-refractivity contribution in [3.63, 3.8) is 0 Å². The second-order valence-electron chi connectivity index (χ2n) is 5.99. The largest absolute Gasteiger partial charge is 0.445 e. The van der Waals surface area contributed by atoms with E-state index in [1.165, 1.54) is 0 Å². The summed E-state index contributed by atoms with van der Waals surface area (Å²) in [5.74, 6) is -0.0642. The molecule has 0 radical (unpaired) electrons. The third-order valence-electron chi connectivity index (χ3n) is 4.20. The monoisotopic (exact) mass is 339 g/mol. The number of rotatable bonds is 4. The Hall–Kier alpha value is -2.89. The number of ether oxygens (including phenoxy) is 1. The number of likely N-dealkylation sites (tertiary alicyclic amines) is 1. The molecule has 1 saturated heterocycles. The Morgan fingerprint density at radius 3 is 2.48 bits per heavy atom. The summed E-state index contributed by atoms with van der Waals surface area (Å²) in [5.41, 5.74) is 1.41. The lowest BCUT2D eigenvalue weighted by molar-refractivity contribution is 0.0695. The van der Waals surface area contributed by atoms with Crippen molar-refractivity contribution in [1.29, 1.82) is 0 Å². The van der Waals surface area contributed by atoms with Gasteiger partial charge in [-0.05, 0) is 30.5 Å². The molecule has 6 heteroatoms. The number of hydrogen-bond acceptors (Lipinski definition) is 4. The number of piperidine rings is 1. The van der Waals surface area contributed by atoms with Crippen molar-refractivity contribution in [2.24, 2.45) is 0 Å². The van der Waals surface area contributed by atoms with Gasteiger partial charge in [0.1, 0.15) is 12.3 Å². The number of nitrogens with one attached hydrogen (secondary N) is 1. The molecule has 2 amide bonds. The maximum absolute atomic E-state index is 12.3. The summed E-state index contributed by atoms with van der Waals surface area (Å²) in [6, 6.07) is 14.9. The molecule has 1 N–H and O–H groups in total. The second kappa shape index (κ2) is 8.28. The molecule has 0 unspecified atom stereocenters. The Bertz CT molecular complexity index is 698. The van der Waals surface area contributed by atoms with Crippen molar-refractivity contribution < 1.29 is 14.3 Å². The molecular formula is C19H21N3O3. The zero-order valence-electron chi connectivity index (χ0n) is 13.9. The van der Waals surface area contributed by atoms with E-state index in [0.717, 1.165) is 5.56 Å². The number of pyridine rings is 1. The van der Waals surface area contributed by atoms with Gasteiger partial charge >= 0.3 is 6.09 Å².